The molecule has 11 heteroatoms. The van der Waals surface area contributed by atoms with Gasteiger partial charge in [0.25, 0.3) is 5.91 Å². The minimum absolute atomic E-state index is 0.0534. The number of hydrogen-bond donors (Lipinski definition) is 0. The van der Waals surface area contributed by atoms with E-state index >= 15 is 0 Å². The molecule has 1 aliphatic rings. The van der Waals surface area contributed by atoms with Gasteiger partial charge in [-0.2, -0.15) is 0 Å². The van der Waals surface area contributed by atoms with Crippen LogP contribution in [0.5, 0.6) is 0 Å². The van der Waals surface area contributed by atoms with Crippen LogP contribution in [0.4, 0.5) is 5.69 Å². The van der Waals surface area contributed by atoms with Gasteiger partial charge in [-0.3, -0.25) is 4.79 Å². The van der Waals surface area contributed by atoms with E-state index < -0.39 is 0 Å². The SMILES string of the molecule is Cc1nnc([C@@H]2CCCN2C(=O)c2cc(CN=[N+]=[N-])cc(N=[N+]=[N-])c2)o1. The number of rotatable bonds is 5. The predicted octanol–water partition coefficient (Wildman–Crippen LogP) is 4.11. The van der Waals surface area contributed by atoms with E-state index in [0.29, 0.717) is 29.5 Å². The predicted molar refractivity (Wildman–Crippen MR) is 90.1 cm³/mol. The fourth-order valence-corrected chi connectivity index (χ4v) is 2.99. The van der Waals surface area contributed by atoms with E-state index in [9.17, 15) is 4.79 Å². The molecule has 1 aromatic carbocycles. The van der Waals surface area contributed by atoms with Crippen molar-refractivity contribution in [1.29, 1.82) is 0 Å². The molecule has 0 radical (unpaired) electrons. The van der Waals surface area contributed by atoms with Gasteiger partial charge in [-0.05, 0) is 47.7 Å². The Balaban J connectivity index is 1.93. The first-order valence-electron chi connectivity index (χ1n) is 7.93. The van der Waals surface area contributed by atoms with E-state index in [2.05, 4.69) is 30.2 Å². The van der Waals surface area contributed by atoms with E-state index in [1.807, 2.05) is 0 Å². The highest BCUT2D eigenvalue weighted by atomic mass is 16.4. The molecule has 26 heavy (non-hydrogen) atoms. The Morgan fingerprint density at radius 1 is 1.35 bits per heavy atom. The van der Waals surface area contributed by atoms with Crippen LogP contribution in [-0.4, -0.2) is 27.5 Å². The van der Waals surface area contributed by atoms with E-state index in [0.717, 1.165) is 12.8 Å². The Morgan fingerprint density at radius 2 is 2.19 bits per heavy atom. The van der Waals surface area contributed by atoms with Crippen molar-refractivity contribution in [2.45, 2.75) is 32.4 Å². The average molecular weight is 353 g/mol. The molecule has 3 rings (SSSR count). The molecule has 1 fully saturated rings. The Bertz CT molecular complexity index is 925. The van der Waals surface area contributed by atoms with Gasteiger partial charge in [0.1, 0.15) is 6.04 Å². The van der Waals surface area contributed by atoms with Crippen molar-refractivity contribution in [2.75, 3.05) is 6.54 Å². The number of aromatic nitrogens is 2. The quantitative estimate of drug-likeness (QED) is 0.450. The third-order valence-corrected chi connectivity index (χ3v) is 4.04. The maximum atomic E-state index is 13.0. The third kappa shape index (κ3) is 3.59. The highest BCUT2D eigenvalue weighted by Crippen LogP contribution is 2.33. The molecule has 0 spiro atoms. The molecule has 1 aromatic heterocycles. The van der Waals surface area contributed by atoms with Crippen LogP contribution >= 0.6 is 0 Å². The van der Waals surface area contributed by atoms with Crippen LogP contribution in [0.3, 0.4) is 0 Å². The van der Waals surface area contributed by atoms with E-state index in [1.165, 1.54) is 6.07 Å². The zero-order chi connectivity index (χ0) is 18.5. The number of benzene rings is 1. The topological polar surface area (TPSA) is 157 Å². The van der Waals surface area contributed by atoms with Crippen LogP contribution in [0.15, 0.2) is 32.8 Å². The van der Waals surface area contributed by atoms with Crippen molar-refractivity contribution >= 4 is 11.6 Å². The van der Waals surface area contributed by atoms with Crippen molar-refractivity contribution < 1.29 is 9.21 Å². The number of hydrogen-bond acceptors (Lipinski definition) is 6. The number of carbonyl (C=O) groups is 1. The van der Waals surface area contributed by atoms with Crippen LogP contribution in [-0.2, 0) is 6.54 Å². The number of azide groups is 2. The molecule has 0 saturated carbocycles. The number of likely N-dealkylation sites (tertiary alicyclic amines) is 1. The van der Waals surface area contributed by atoms with Crippen molar-refractivity contribution in [2.24, 2.45) is 10.2 Å². The van der Waals surface area contributed by atoms with Crippen LogP contribution in [0.1, 0.15) is 46.6 Å². The minimum atomic E-state index is -0.285. The molecule has 2 heterocycles. The maximum Gasteiger partial charge on any atom is 0.254 e. The maximum absolute atomic E-state index is 13.0. The smallest absolute Gasteiger partial charge is 0.254 e. The zero-order valence-corrected chi connectivity index (χ0v) is 14.0. The number of nitrogens with zero attached hydrogens (tertiary/aromatic N) is 9. The normalized spacial score (nSPS) is 16.0. The molecule has 1 amide bonds. The lowest BCUT2D eigenvalue weighted by molar-refractivity contribution is 0.0714. The second-order valence-corrected chi connectivity index (χ2v) is 5.78. The molecule has 132 valence electrons. The number of amides is 1. The number of carbonyl (C=O) groups excluding carboxylic acids is 1. The molecule has 11 nitrogen and oxygen atoms in total. The van der Waals surface area contributed by atoms with Gasteiger partial charge in [0, 0.05) is 34.5 Å². The molecule has 0 N–H and O–H groups in total. The lowest BCUT2D eigenvalue weighted by atomic mass is 10.1. The van der Waals surface area contributed by atoms with Gasteiger partial charge < -0.3 is 9.32 Å². The third-order valence-electron chi connectivity index (χ3n) is 4.04. The van der Waals surface area contributed by atoms with Crippen molar-refractivity contribution in [3.8, 4) is 0 Å². The second kappa shape index (κ2) is 7.56. The molecule has 0 unspecified atom stereocenters. The summed E-state index contributed by atoms with van der Waals surface area (Å²) in [4.78, 5) is 20.1. The van der Waals surface area contributed by atoms with Crippen molar-refractivity contribution in [1.82, 2.24) is 15.1 Å². The molecule has 0 bridgehead atoms. The van der Waals surface area contributed by atoms with E-state index in [1.54, 1.807) is 24.0 Å². The number of aryl methyl sites for hydroxylation is 1. The molecular formula is C15H15N9O2. The molecule has 1 aliphatic heterocycles. The minimum Gasteiger partial charge on any atom is -0.423 e. The Hall–Kier alpha value is -3.55. The first kappa shape index (κ1) is 17.3. The van der Waals surface area contributed by atoms with Crippen LogP contribution in [0.2, 0.25) is 0 Å². The molecular weight excluding hydrogens is 338 g/mol. The van der Waals surface area contributed by atoms with Crippen molar-refractivity contribution in [3.05, 3.63) is 62.0 Å². The monoisotopic (exact) mass is 353 g/mol. The van der Waals surface area contributed by atoms with Gasteiger partial charge in [-0.25, -0.2) is 0 Å². The summed E-state index contributed by atoms with van der Waals surface area (Å²) in [5.74, 6) is 0.621. The van der Waals surface area contributed by atoms with Crippen LogP contribution in [0.25, 0.3) is 20.9 Å². The van der Waals surface area contributed by atoms with Gasteiger partial charge >= 0.3 is 0 Å². The summed E-state index contributed by atoms with van der Waals surface area (Å²) >= 11 is 0. The first-order chi connectivity index (χ1) is 12.6. The summed E-state index contributed by atoms with van der Waals surface area (Å²) in [6, 6.07) is 4.43. The fourth-order valence-electron chi connectivity index (χ4n) is 2.99. The standard InChI is InChI=1S/C15H15N9O2/c1-9-19-21-14(26-9)13-3-2-4-24(13)15(25)11-5-10(8-18-22-16)6-12(7-11)20-23-17/h5-7,13H,2-4,8H2,1H3/t13-/m0/s1. The summed E-state index contributed by atoms with van der Waals surface area (Å²) < 4.78 is 5.48. The van der Waals surface area contributed by atoms with Gasteiger partial charge in [0.2, 0.25) is 11.8 Å². The van der Waals surface area contributed by atoms with E-state index in [-0.39, 0.29) is 24.2 Å². The molecule has 1 saturated heterocycles. The Kier molecular flexibility index (Phi) is 5.02. The summed E-state index contributed by atoms with van der Waals surface area (Å²) in [5.41, 5.74) is 18.4. The Labute approximate surface area is 147 Å². The highest BCUT2D eigenvalue weighted by Gasteiger charge is 2.34. The molecule has 1 atom stereocenters. The Morgan fingerprint density at radius 3 is 2.88 bits per heavy atom. The fraction of sp³-hybridized carbons (Fsp3) is 0.400. The summed E-state index contributed by atoms with van der Waals surface area (Å²) in [6.07, 6.45) is 1.55. The van der Waals surface area contributed by atoms with Gasteiger partial charge in [0.05, 0.1) is 6.54 Å². The zero-order valence-electron chi connectivity index (χ0n) is 14.0. The van der Waals surface area contributed by atoms with Crippen LogP contribution < -0.4 is 0 Å². The highest BCUT2D eigenvalue weighted by molar-refractivity contribution is 5.95. The van der Waals surface area contributed by atoms with Gasteiger partial charge in [0.15, 0.2) is 0 Å². The lowest BCUT2D eigenvalue weighted by Crippen LogP contribution is -2.30. The molecule has 2 aromatic rings. The summed E-state index contributed by atoms with van der Waals surface area (Å²) in [6.45, 7) is 2.31. The largest absolute Gasteiger partial charge is 0.423 e. The molecule has 0 aliphatic carbocycles. The van der Waals surface area contributed by atoms with Crippen LogP contribution in [0, 0.1) is 6.92 Å². The van der Waals surface area contributed by atoms with E-state index in [4.69, 9.17) is 15.5 Å². The second-order valence-electron chi connectivity index (χ2n) is 5.78. The lowest BCUT2D eigenvalue weighted by Gasteiger charge is -2.22. The first-order valence-corrected chi connectivity index (χ1v) is 7.93. The summed E-state index contributed by atoms with van der Waals surface area (Å²) in [7, 11) is 0. The van der Waals surface area contributed by atoms with Gasteiger partial charge in [-0.15, -0.1) is 10.2 Å². The average Bonchev–Trinajstić information content (AvgIpc) is 3.28. The van der Waals surface area contributed by atoms with Gasteiger partial charge in [-0.1, -0.05) is 10.2 Å². The van der Waals surface area contributed by atoms with Crippen molar-refractivity contribution in [3.63, 3.8) is 0 Å². The summed E-state index contributed by atoms with van der Waals surface area (Å²) in [5, 5.41) is 14.9.